The van der Waals surface area contributed by atoms with Gasteiger partial charge in [-0.1, -0.05) is 102 Å². The number of aromatic amines is 1. The third kappa shape index (κ3) is 11.5. The smallest absolute Gasteiger partial charge is 0.412 e. The van der Waals surface area contributed by atoms with Crippen LogP contribution in [0.4, 0.5) is 16.2 Å². The molecular formula is C52H69N5O6Si. The lowest BCUT2D eigenvalue weighted by Crippen LogP contribution is -2.51. The van der Waals surface area contributed by atoms with Crippen LogP contribution < -0.4 is 26.8 Å². The minimum Gasteiger partial charge on any atom is -0.506 e. The summed E-state index contributed by atoms with van der Waals surface area (Å²) in [5.74, 6) is 0.0341. The molecule has 0 bridgehead atoms. The van der Waals surface area contributed by atoms with Gasteiger partial charge in [0, 0.05) is 60.7 Å². The van der Waals surface area contributed by atoms with Crippen molar-refractivity contribution in [2.24, 2.45) is 11.1 Å². The maximum atomic E-state index is 13.7. The van der Waals surface area contributed by atoms with Crippen molar-refractivity contribution in [1.82, 2.24) is 10.3 Å². The Kier molecular flexibility index (Phi) is 14.9. The number of hydrogen-bond donors (Lipinski definition) is 5. The Morgan fingerprint density at radius 3 is 2.25 bits per heavy atom. The highest BCUT2D eigenvalue weighted by atomic mass is 28.4. The highest BCUT2D eigenvalue weighted by Gasteiger charge is 2.47. The van der Waals surface area contributed by atoms with Gasteiger partial charge < -0.3 is 35.2 Å². The van der Waals surface area contributed by atoms with Crippen LogP contribution in [0, 0.1) is 5.41 Å². The van der Waals surface area contributed by atoms with Gasteiger partial charge in [0.2, 0.25) is 11.5 Å². The molecule has 1 fully saturated rings. The maximum absolute atomic E-state index is 13.7. The molecule has 6 N–H and O–H groups in total. The first-order valence-corrected chi connectivity index (χ1v) is 25.6. The van der Waals surface area contributed by atoms with Gasteiger partial charge in [0.1, 0.15) is 11.4 Å². The number of hydrogen-bond acceptors (Lipinski definition) is 8. The van der Waals surface area contributed by atoms with Gasteiger partial charge in [0.05, 0.1) is 17.3 Å². The number of nitrogens with zero attached hydrogens (tertiary/aromatic N) is 1. The molecule has 0 saturated heterocycles. The lowest BCUT2D eigenvalue weighted by molar-refractivity contribution is -0.118. The zero-order valence-corrected chi connectivity index (χ0v) is 40.3. The number of pyridine rings is 1. The normalized spacial score (nSPS) is 17.5. The number of H-pyrrole nitrogens is 1. The number of amides is 2. The SMILES string of the molecule is CN(C(=O)CCCc1ccc(-c2ccccc2)c(NC(=O)OC2(C(C)(C)C)CCC(N)CC2)c1)c1ccc(CNC[C@H](O[Si](C)(C)C(C)(C)C)c2ccc(O)c3[nH]c(=O)ccc23)cc1. The molecule has 1 atom stereocenters. The van der Waals surface area contributed by atoms with Gasteiger partial charge in [-0.25, -0.2) is 4.79 Å². The van der Waals surface area contributed by atoms with Crippen LogP contribution in [-0.2, 0) is 26.9 Å². The fourth-order valence-electron chi connectivity index (χ4n) is 8.37. The van der Waals surface area contributed by atoms with Crippen molar-refractivity contribution < 1.29 is 23.9 Å². The van der Waals surface area contributed by atoms with Crippen molar-refractivity contribution in [3.63, 3.8) is 0 Å². The molecule has 0 radical (unpaired) electrons. The lowest BCUT2D eigenvalue weighted by atomic mass is 9.67. The number of aromatic nitrogens is 1. The molecule has 2 amide bonds. The van der Waals surface area contributed by atoms with Crippen LogP contribution in [0.3, 0.4) is 0 Å². The third-order valence-corrected chi connectivity index (χ3v) is 18.1. The molecule has 5 aromatic rings. The molecule has 0 aliphatic heterocycles. The van der Waals surface area contributed by atoms with Gasteiger partial charge in [-0.2, -0.15) is 0 Å². The number of fused-ring (bicyclic) bond motifs is 1. The van der Waals surface area contributed by atoms with E-state index in [0.717, 1.165) is 64.6 Å². The summed E-state index contributed by atoms with van der Waals surface area (Å²) in [6.07, 6.45) is 3.93. The van der Waals surface area contributed by atoms with E-state index in [1.165, 1.54) is 6.07 Å². The molecule has 64 heavy (non-hydrogen) atoms. The molecular weight excluding hydrogens is 819 g/mol. The first-order valence-electron chi connectivity index (χ1n) is 22.7. The number of nitrogens with two attached hydrogens (primary N) is 1. The number of nitrogens with one attached hydrogen (secondary N) is 3. The van der Waals surface area contributed by atoms with Crippen molar-refractivity contribution in [2.75, 3.05) is 23.8 Å². The van der Waals surface area contributed by atoms with Crippen molar-refractivity contribution in [3.05, 3.63) is 124 Å². The molecule has 0 spiro atoms. The quantitative estimate of drug-likeness (QED) is 0.0650. The van der Waals surface area contributed by atoms with E-state index in [-0.39, 0.29) is 39.8 Å². The minimum absolute atomic E-state index is 0.0153. The van der Waals surface area contributed by atoms with E-state index in [1.54, 1.807) is 24.1 Å². The van der Waals surface area contributed by atoms with Crippen LogP contribution in [0.1, 0.15) is 103 Å². The number of rotatable bonds is 15. The number of aromatic hydroxyl groups is 1. The fourth-order valence-corrected chi connectivity index (χ4v) is 9.65. The van der Waals surface area contributed by atoms with Crippen molar-refractivity contribution in [3.8, 4) is 16.9 Å². The van der Waals surface area contributed by atoms with Crippen LogP contribution in [0.2, 0.25) is 18.1 Å². The Morgan fingerprint density at radius 2 is 1.59 bits per heavy atom. The summed E-state index contributed by atoms with van der Waals surface area (Å²) in [5.41, 5.74) is 11.8. The van der Waals surface area contributed by atoms with Gasteiger partial charge in [0.25, 0.3) is 0 Å². The number of carbonyl (C=O) groups excluding carboxylic acids is 2. The van der Waals surface area contributed by atoms with Gasteiger partial charge in [0.15, 0.2) is 8.32 Å². The van der Waals surface area contributed by atoms with Gasteiger partial charge in [-0.15, -0.1) is 0 Å². The molecule has 1 aromatic heterocycles. The zero-order valence-electron chi connectivity index (χ0n) is 39.3. The molecule has 1 saturated carbocycles. The monoisotopic (exact) mass is 888 g/mol. The summed E-state index contributed by atoms with van der Waals surface area (Å²) in [4.78, 5) is 43.8. The van der Waals surface area contributed by atoms with E-state index in [9.17, 15) is 19.5 Å². The van der Waals surface area contributed by atoms with E-state index in [0.29, 0.717) is 43.6 Å². The van der Waals surface area contributed by atoms with E-state index in [4.69, 9.17) is 14.9 Å². The Balaban J connectivity index is 1.07. The molecule has 12 heteroatoms. The van der Waals surface area contributed by atoms with Crippen LogP contribution in [-0.4, -0.2) is 55.6 Å². The second-order valence-corrected chi connectivity index (χ2v) is 24.9. The van der Waals surface area contributed by atoms with Crippen molar-refractivity contribution in [2.45, 2.75) is 129 Å². The predicted octanol–water partition coefficient (Wildman–Crippen LogP) is 11.0. The topological polar surface area (TPSA) is 159 Å². The number of anilines is 2. The number of phenolic OH excluding ortho intramolecular Hbond substituents is 1. The summed E-state index contributed by atoms with van der Waals surface area (Å²) in [6, 6.07) is 30.9. The summed E-state index contributed by atoms with van der Waals surface area (Å²) >= 11 is 0. The molecule has 0 unspecified atom stereocenters. The zero-order chi connectivity index (χ0) is 46.5. The number of benzene rings is 4. The van der Waals surface area contributed by atoms with E-state index in [1.807, 2.05) is 72.8 Å². The molecule has 4 aromatic carbocycles. The second kappa shape index (κ2) is 19.9. The van der Waals surface area contributed by atoms with Crippen LogP contribution in [0.15, 0.2) is 102 Å². The van der Waals surface area contributed by atoms with E-state index < -0.39 is 20.0 Å². The Hall–Kier alpha value is -5.27. The number of aryl methyl sites for hydroxylation is 1. The second-order valence-electron chi connectivity index (χ2n) is 20.1. The Bertz CT molecular complexity index is 2450. The molecule has 6 rings (SSSR count). The highest BCUT2D eigenvalue weighted by molar-refractivity contribution is 6.74. The summed E-state index contributed by atoms with van der Waals surface area (Å²) in [6.45, 7) is 18.5. The molecule has 1 aliphatic carbocycles. The molecule has 1 aliphatic rings. The van der Waals surface area contributed by atoms with Gasteiger partial charge in [-0.05, 0) is 109 Å². The number of ether oxygens (including phenoxy) is 1. The number of carbonyl (C=O) groups is 2. The summed E-state index contributed by atoms with van der Waals surface area (Å²) in [5, 5.41) is 18.0. The van der Waals surface area contributed by atoms with E-state index in [2.05, 4.69) is 76.3 Å². The van der Waals surface area contributed by atoms with Crippen LogP contribution in [0.5, 0.6) is 5.75 Å². The Labute approximate surface area is 380 Å². The third-order valence-electron chi connectivity index (χ3n) is 13.6. The van der Waals surface area contributed by atoms with Gasteiger partial charge in [-0.3, -0.25) is 14.9 Å². The maximum Gasteiger partial charge on any atom is 0.412 e. The lowest BCUT2D eigenvalue weighted by Gasteiger charge is -2.47. The molecule has 1 heterocycles. The first-order chi connectivity index (χ1) is 30.2. The largest absolute Gasteiger partial charge is 0.506 e. The Morgan fingerprint density at radius 1 is 0.922 bits per heavy atom. The van der Waals surface area contributed by atoms with E-state index >= 15 is 0 Å². The van der Waals surface area contributed by atoms with Crippen molar-refractivity contribution >= 4 is 42.6 Å². The number of phenols is 1. The minimum atomic E-state index is -2.23. The standard InChI is InChI=1S/C52H69N5O6Si/c1-50(2,3)52(30-28-38(53)29-31-52)62-49(61)55-43-32-35(20-23-40(43)37-15-11-10-12-16-37)14-13-17-47(60)57(7)39-21-18-36(19-22-39)33-54-34-45(63-64(8,9)51(4,5)6)41-24-26-44(58)48-42(41)25-27-46(59)56-48/h10-12,15-16,18-27,32,38,45,54,58H,13-14,17,28-31,33-34,53H2,1-9H3,(H,55,61)(H,56,59)/t38?,45-,52?/m0/s1. The van der Waals surface area contributed by atoms with Crippen LogP contribution in [0.25, 0.3) is 22.0 Å². The van der Waals surface area contributed by atoms with Crippen LogP contribution >= 0.6 is 0 Å². The first kappa shape index (κ1) is 48.2. The predicted molar refractivity (Wildman–Crippen MR) is 262 cm³/mol. The summed E-state index contributed by atoms with van der Waals surface area (Å²) < 4.78 is 13.3. The molecule has 11 nitrogen and oxygen atoms in total. The highest BCUT2D eigenvalue weighted by Crippen LogP contribution is 2.45. The molecule has 342 valence electrons. The van der Waals surface area contributed by atoms with Crippen molar-refractivity contribution in [1.29, 1.82) is 0 Å². The van der Waals surface area contributed by atoms with Gasteiger partial charge >= 0.3 is 6.09 Å². The summed E-state index contributed by atoms with van der Waals surface area (Å²) in [7, 11) is -0.421. The fraction of sp³-hybridized carbons (Fsp3) is 0.442. The average Bonchev–Trinajstić information content (AvgIpc) is 3.24. The average molecular weight is 888 g/mol.